The molecule has 0 aliphatic carbocycles. The van der Waals surface area contributed by atoms with Crippen LogP contribution >= 0.6 is 16.5 Å². The van der Waals surface area contributed by atoms with Crippen molar-refractivity contribution in [3.05, 3.63) is 144 Å². The van der Waals surface area contributed by atoms with Crippen LogP contribution in [0.25, 0.3) is 0 Å². The van der Waals surface area contributed by atoms with Crippen molar-refractivity contribution in [2.24, 2.45) is 0 Å². The fourth-order valence-corrected chi connectivity index (χ4v) is 4.05. The molecule has 4 rings (SSSR count). The molecule has 0 N–H and O–H groups in total. The third-order valence-electron chi connectivity index (χ3n) is 4.72. The second-order valence-corrected chi connectivity index (χ2v) is 9.41. The normalized spacial score (nSPS) is 10.2. The first kappa shape index (κ1) is 27.5. The third-order valence-corrected chi connectivity index (χ3v) is 6.08. The summed E-state index contributed by atoms with van der Waals surface area (Å²) < 4.78 is 43.5. The molecule has 0 aromatic heterocycles. The summed E-state index contributed by atoms with van der Waals surface area (Å²) in [5.74, 6) is 0. The van der Waals surface area contributed by atoms with Crippen LogP contribution in [0.4, 0.5) is 0 Å². The molecular weight excluding hydrogens is 494 g/mol. The van der Waals surface area contributed by atoms with Crippen LogP contribution in [0.15, 0.2) is 121 Å². The minimum Gasteiger partial charge on any atom is -0.114 e. The van der Waals surface area contributed by atoms with Gasteiger partial charge in [-0.2, -0.15) is 0 Å². The van der Waals surface area contributed by atoms with E-state index in [-0.39, 0.29) is 0 Å². The number of hydrogen-bond acceptors (Lipinski definition) is 6. The molecule has 4 aromatic rings. The predicted molar refractivity (Wildman–Crippen MR) is 140 cm³/mol. The van der Waals surface area contributed by atoms with E-state index in [1.807, 2.05) is 121 Å². The largest absolute Gasteiger partial charge is 0.698 e. The Bertz CT molecular complexity index is 974. The number of hydrogen-bond donors (Lipinski definition) is 0. The Hall–Kier alpha value is -3.08. The highest BCUT2D eigenvalue weighted by Crippen LogP contribution is 2.28. The molecule has 0 heterocycles. The number of benzene rings is 4. The molecule has 0 saturated carbocycles. The molecular formula is C28H28O6P2+2. The molecule has 0 unspecified atom stereocenters. The van der Waals surface area contributed by atoms with Gasteiger partial charge in [0, 0.05) is 9.13 Å². The van der Waals surface area contributed by atoms with E-state index in [0.29, 0.717) is 26.4 Å². The lowest BCUT2D eigenvalue weighted by atomic mass is 10.2. The highest BCUT2D eigenvalue weighted by Gasteiger charge is 2.21. The third kappa shape index (κ3) is 11.6. The minimum absolute atomic E-state index is 0.296. The highest BCUT2D eigenvalue weighted by atomic mass is 31.1. The molecule has 8 heteroatoms. The van der Waals surface area contributed by atoms with Gasteiger partial charge in [-0.25, -0.2) is 0 Å². The summed E-state index contributed by atoms with van der Waals surface area (Å²) in [5, 5.41) is 0. The zero-order valence-corrected chi connectivity index (χ0v) is 21.5. The highest BCUT2D eigenvalue weighted by molar-refractivity contribution is 7.33. The van der Waals surface area contributed by atoms with E-state index in [9.17, 15) is 9.13 Å². The van der Waals surface area contributed by atoms with E-state index in [2.05, 4.69) is 0 Å². The summed E-state index contributed by atoms with van der Waals surface area (Å²) in [4.78, 5) is 0. The van der Waals surface area contributed by atoms with Crippen LogP contribution < -0.4 is 0 Å². The molecule has 0 bridgehead atoms. The minimum atomic E-state index is -2.08. The maximum Gasteiger partial charge on any atom is 0.698 e. The van der Waals surface area contributed by atoms with E-state index >= 15 is 0 Å². The van der Waals surface area contributed by atoms with Crippen molar-refractivity contribution >= 4 is 16.5 Å². The summed E-state index contributed by atoms with van der Waals surface area (Å²) in [6.07, 6.45) is 0. The topological polar surface area (TPSA) is 71.1 Å². The molecule has 0 saturated heterocycles. The Morgan fingerprint density at radius 1 is 0.361 bits per heavy atom. The van der Waals surface area contributed by atoms with Crippen molar-refractivity contribution in [1.82, 2.24) is 0 Å². The van der Waals surface area contributed by atoms with Gasteiger partial charge < -0.3 is 0 Å². The number of rotatable bonds is 12. The molecule has 6 nitrogen and oxygen atoms in total. The first-order valence-corrected chi connectivity index (χ1v) is 13.5. The molecule has 0 fully saturated rings. The molecule has 0 amide bonds. The van der Waals surface area contributed by atoms with Crippen molar-refractivity contribution in [2.75, 3.05) is 0 Å². The van der Waals surface area contributed by atoms with Crippen molar-refractivity contribution in [1.29, 1.82) is 0 Å². The fourth-order valence-electron chi connectivity index (χ4n) is 2.88. The molecule has 0 atom stereocenters. The molecule has 0 radical (unpaired) electrons. The van der Waals surface area contributed by atoms with Gasteiger partial charge in [0.25, 0.3) is 0 Å². The SMILES string of the molecule is O=[P+](OCc1ccccc1)OCc1ccccc1.O=[P+](OCc1ccccc1)OCc1ccccc1. The zero-order valence-electron chi connectivity index (χ0n) is 19.7. The average Bonchev–Trinajstić information content (AvgIpc) is 2.95. The van der Waals surface area contributed by atoms with Crippen molar-refractivity contribution in [3.63, 3.8) is 0 Å². The molecule has 0 spiro atoms. The lowest BCUT2D eigenvalue weighted by Gasteiger charge is -1.95. The predicted octanol–water partition coefficient (Wildman–Crippen LogP) is 8.15. The summed E-state index contributed by atoms with van der Waals surface area (Å²) >= 11 is 0. The van der Waals surface area contributed by atoms with Gasteiger partial charge in [0.2, 0.25) is 0 Å². The van der Waals surface area contributed by atoms with Crippen LogP contribution in [-0.2, 0) is 53.7 Å². The second kappa shape index (κ2) is 16.6. The van der Waals surface area contributed by atoms with Gasteiger partial charge in [-0.05, 0) is 22.3 Å². The Morgan fingerprint density at radius 3 is 0.750 bits per heavy atom. The molecule has 0 aliphatic heterocycles. The standard InChI is InChI=1S/2C14H14O3P/c2*15-18(16-11-13-7-3-1-4-8-13)17-12-14-9-5-2-6-10-14/h2*1-10H,11-12H2/q2*+1. The summed E-state index contributed by atoms with van der Waals surface area (Å²) in [6, 6.07) is 38.3. The quantitative estimate of drug-likeness (QED) is 0.175. The Labute approximate surface area is 213 Å². The lowest BCUT2D eigenvalue weighted by molar-refractivity contribution is 0.212. The second-order valence-electron chi connectivity index (χ2n) is 7.48. The van der Waals surface area contributed by atoms with Gasteiger partial charge in [-0.3, -0.25) is 0 Å². The van der Waals surface area contributed by atoms with Gasteiger partial charge in [-0.1, -0.05) is 121 Å². The van der Waals surface area contributed by atoms with E-state index in [0.717, 1.165) is 22.3 Å². The van der Waals surface area contributed by atoms with Gasteiger partial charge in [0.15, 0.2) is 0 Å². The summed E-state index contributed by atoms with van der Waals surface area (Å²) in [7, 11) is -4.16. The van der Waals surface area contributed by atoms with Gasteiger partial charge in [0.05, 0.1) is 0 Å². The van der Waals surface area contributed by atoms with Crippen LogP contribution in [0.1, 0.15) is 22.3 Å². The van der Waals surface area contributed by atoms with Crippen LogP contribution in [0, 0.1) is 0 Å². The van der Waals surface area contributed by atoms with Crippen LogP contribution in [-0.4, -0.2) is 0 Å². The lowest BCUT2D eigenvalue weighted by Crippen LogP contribution is -1.89. The van der Waals surface area contributed by atoms with Gasteiger partial charge >= 0.3 is 16.5 Å². The maximum absolute atomic E-state index is 11.5. The zero-order chi connectivity index (χ0) is 25.3. The Kier molecular flexibility index (Phi) is 12.7. The van der Waals surface area contributed by atoms with Gasteiger partial charge in [-0.15, -0.1) is 18.1 Å². The first-order chi connectivity index (χ1) is 17.7. The van der Waals surface area contributed by atoms with E-state index < -0.39 is 16.5 Å². The van der Waals surface area contributed by atoms with E-state index in [1.54, 1.807) is 0 Å². The summed E-state index contributed by atoms with van der Waals surface area (Å²) in [5.41, 5.74) is 3.90. The van der Waals surface area contributed by atoms with Crippen LogP contribution in [0.5, 0.6) is 0 Å². The Morgan fingerprint density at radius 2 is 0.556 bits per heavy atom. The smallest absolute Gasteiger partial charge is 0.114 e. The van der Waals surface area contributed by atoms with Crippen LogP contribution in [0.3, 0.4) is 0 Å². The Balaban J connectivity index is 0.000000201. The average molecular weight is 522 g/mol. The maximum atomic E-state index is 11.5. The van der Waals surface area contributed by atoms with Crippen molar-refractivity contribution in [3.8, 4) is 0 Å². The van der Waals surface area contributed by atoms with Gasteiger partial charge in [0.1, 0.15) is 26.4 Å². The van der Waals surface area contributed by atoms with Crippen LogP contribution in [0.2, 0.25) is 0 Å². The fraction of sp³-hybridized carbons (Fsp3) is 0.143. The molecule has 0 aliphatic rings. The van der Waals surface area contributed by atoms with E-state index in [1.165, 1.54) is 0 Å². The molecule has 4 aromatic carbocycles. The van der Waals surface area contributed by atoms with E-state index in [4.69, 9.17) is 18.1 Å². The van der Waals surface area contributed by atoms with Crippen molar-refractivity contribution < 1.29 is 27.2 Å². The molecule has 184 valence electrons. The molecule has 36 heavy (non-hydrogen) atoms. The van der Waals surface area contributed by atoms with Crippen molar-refractivity contribution in [2.45, 2.75) is 26.4 Å². The summed E-state index contributed by atoms with van der Waals surface area (Å²) in [6.45, 7) is 1.19. The first-order valence-electron chi connectivity index (χ1n) is 11.3. The monoisotopic (exact) mass is 522 g/mol.